The fourth-order valence-corrected chi connectivity index (χ4v) is 8.05. The van der Waals surface area contributed by atoms with Crippen molar-refractivity contribution in [1.29, 1.82) is 0 Å². The fourth-order valence-electron chi connectivity index (χ4n) is 5.55. The Kier molecular flexibility index (Phi) is 7.44. The monoisotopic (exact) mass is 438 g/mol. The average Bonchev–Trinajstić information content (AvgIpc) is 3.18. The molecule has 0 N–H and O–H groups in total. The minimum atomic E-state index is -0.613. The minimum Gasteiger partial charge on any atom is -0.0622 e. The standard InChI is InChI=1S/C31H35P/c1-5-25-26(6-2)28(8-4)31(27(25)7-3)29-21-15-16-22-30(29)32(23-17-11-9-12-18-23)24-19-13-10-14-20-24/h9-22,31H,5-8H2,1-4H3. The predicted octanol–water partition coefficient (Wildman–Crippen LogP) is 7.78. The first-order valence-corrected chi connectivity index (χ1v) is 13.5. The maximum Gasteiger partial charge on any atom is 0.0275 e. The Morgan fingerprint density at radius 2 is 0.969 bits per heavy atom. The van der Waals surface area contributed by atoms with Gasteiger partial charge in [0.05, 0.1) is 0 Å². The first-order valence-electron chi connectivity index (χ1n) is 12.2. The first kappa shape index (κ1) is 22.8. The van der Waals surface area contributed by atoms with Crippen LogP contribution >= 0.6 is 7.92 Å². The van der Waals surface area contributed by atoms with Crippen molar-refractivity contribution in [3.63, 3.8) is 0 Å². The number of hydrogen-bond acceptors (Lipinski definition) is 0. The van der Waals surface area contributed by atoms with Gasteiger partial charge in [0.1, 0.15) is 0 Å². The molecule has 0 aromatic heterocycles. The highest BCUT2D eigenvalue weighted by molar-refractivity contribution is 7.79. The molecule has 0 atom stereocenters. The van der Waals surface area contributed by atoms with Crippen molar-refractivity contribution in [3.8, 4) is 0 Å². The largest absolute Gasteiger partial charge is 0.0622 e. The predicted molar refractivity (Wildman–Crippen MR) is 143 cm³/mol. The maximum absolute atomic E-state index is 2.42. The van der Waals surface area contributed by atoms with E-state index in [4.69, 9.17) is 0 Å². The van der Waals surface area contributed by atoms with Gasteiger partial charge >= 0.3 is 0 Å². The third-order valence-corrected chi connectivity index (χ3v) is 9.34. The van der Waals surface area contributed by atoms with Crippen molar-refractivity contribution in [2.75, 3.05) is 0 Å². The lowest BCUT2D eigenvalue weighted by Crippen LogP contribution is -2.25. The van der Waals surface area contributed by atoms with Gasteiger partial charge in [-0.3, -0.25) is 0 Å². The summed E-state index contributed by atoms with van der Waals surface area (Å²) in [6, 6.07) is 31.5. The van der Waals surface area contributed by atoms with Crippen LogP contribution in [0.4, 0.5) is 0 Å². The average molecular weight is 439 g/mol. The second-order valence-electron chi connectivity index (χ2n) is 8.42. The van der Waals surface area contributed by atoms with Crippen LogP contribution in [-0.4, -0.2) is 0 Å². The molecule has 0 saturated carbocycles. The molecule has 0 fully saturated rings. The number of allylic oxidation sites excluding steroid dienone is 4. The van der Waals surface area contributed by atoms with Crippen LogP contribution in [0.25, 0.3) is 0 Å². The lowest BCUT2D eigenvalue weighted by molar-refractivity contribution is 0.834. The molecule has 1 aliphatic rings. The molecule has 164 valence electrons. The van der Waals surface area contributed by atoms with Crippen LogP contribution in [0.1, 0.15) is 64.9 Å². The molecule has 0 amide bonds. The summed E-state index contributed by atoms with van der Waals surface area (Å²) < 4.78 is 0. The second-order valence-corrected chi connectivity index (χ2v) is 10.6. The molecule has 3 aromatic rings. The van der Waals surface area contributed by atoms with E-state index in [9.17, 15) is 0 Å². The zero-order valence-electron chi connectivity index (χ0n) is 19.9. The molecule has 0 bridgehead atoms. The van der Waals surface area contributed by atoms with E-state index < -0.39 is 7.92 Å². The summed E-state index contributed by atoms with van der Waals surface area (Å²) >= 11 is 0. The first-order chi connectivity index (χ1) is 15.7. The van der Waals surface area contributed by atoms with E-state index in [0.717, 1.165) is 25.7 Å². The molecule has 1 heteroatoms. The summed E-state index contributed by atoms with van der Waals surface area (Å²) in [4.78, 5) is 0. The van der Waals surface area contributed by atoms with Crippen molar-refractivity contribution in [2.24, 2.45) is 0 Å². The lowest BCUT2D eigenvalue weighted by Gasteiger charge is -2.27. The van der Waals surface area contributed by atoms with Crippen molar-refractivity contribution >= 4 is 23.8 Å². The van der Waals surface area contributed by atoms with Gasteiger partial charge in [-0.05, 0) is 66.2 Å². The molecule has 0 saturated heterocycles. The third kappa shape index (κ3) is 4.14. The van der Waals surface area contributed by atoms with E-state index in [0.29, 0.717) is 5.92 Å². The molecule has 0 nitrogen and oxygen atoms in total. The van der Waals surface area contributed by atoms with E-state index in [2.05, 4.69) is 113 Å². The number of benzene rings is 3. The summed E-state index contributed by atoms with van der Waals surface area (Å²) in [5, 5.41) is 4.36. The third-order valence-electron chi connectivity index (χ3n) is 6.82. The summed E-state index contributed by atoms with van der Waals surface area (Å²) in [6.07, 6.45) is 4.54. The molecular weight excluding hydrogens is 403 g/mol. The van der Waals surface area contributed by atoms with E-state index in [1.165, 1.54) is 21.5 Å². The van der Waals surface area contributed by atoms with Gasteiger partial charge in [0.15, 0.2) is 0 Å². The quantitative estimate of drug-likeness (QED) is 0.315. The Bertz CT molecular complexity index is 1040. The van der Waals surface area contributed by atoms with Crippen molar-refractivity contribution in [2.45, 2.75) is 59.3 Å². The highest BCUT2D eigenvalue weighted by atomic mass is 31.1. The van der Waals surface area contributed by atoms with Crippen molar-refractivity contribution < 1.29 is 0 Å². The Morgan fingerprint density at radius 3 is 1.41 bits per heavy atom. The molecule has 0 heterocycles. The summed E-state index contributed by atoms with van der Waals surface area (Å²) in [5.74, 6) is 0.434. The van der Waals surface area contributed by atoms with Crippen LogP contribution in [0, 0.1) is 0 Å². The van der Waals surface area contributed by atoms with E-state index >= 15 is 0 Å². The van der Waals surface area contributed by atoms with Crippen LogP contribution in [0.5, 0.6) is 0 Å². The topological polar surface area (TPSA) is 0 Å². The van der Waals surface area contributed by atoms with Gasteiger partial charge in [-0.25, -0.2) is 0 Å². The molecule has 1 aliphatic carbocycles. The number of hydrogen-bond donors (Lipinski definition) is 0. The SMILES string of the molecule is CCC1=C(CC)C(c2ccccc2P(c2ccccc2)c2ccccc2)C(CC)=C1CC. The van der Waals surface area contributed by atoms with E-state index in [1.54, 1.807) is 22.3 Å². The zero-order valence-corrected chi connectivity index (χ0v) is 20.8. The smallest absolute Gasteiger partial charge is 0.0275 e. The van der Waals surface area contributed by atoms with Crippen LogP contribution < -0.4 is 15.9 Å². The Morgan fingerprint density at radius 1 is 0.531 bits per heavy atom. The fraction of sp³-hybridized carbons (Fsp3) is 0.290. The molecule has 0 aliphatic heterocycles. The summed E-state index contributed by atoms with van der Waals surface area (Å²) in [6.45, 7) is 9.37. The van der Waals surface area contributed by atoms with Crippen LogP contribution in [-0.2, 0) is 0 Å². The molecule has 0 radical (unpaired) electrons. The van der Waals surface area contributed by atoms with Gasteiger partial charge in [-0.1, -0.05) is 124 Å². The van der Waals surface area contributed by atoms with Gasteiger partial charge in [0.2, 0.25) is 0 Å². The van der Waals surface area contributed by atoms with Crippen LogP contribution in [0.15, 0.2) is 107 Å². The molecule has 0 unspecified atom stereocenters. The van der Waals surface area contributed by atoms with Gasteiger partial charge in [0.25, 0.3) is 0 Å². The highest BCUT2D eigenvalue weighted by Crippen LogP contribution is 2.50. The molecule has 4 rings (SSSR count). The molecule has 3 aromatic carbocycles. The van der Waals surface area contributed by atoms with Crippen LogP contribution in [0.3, 0.4) is 0 Å². The normalized spacial score (nSPS) is 14.7. The second kappa shape index (κ2) is 10.5. The number of rotatable bonds is 8. The summed E-state index contributed by atoms with van der Waals surface area (Å²) in [7, 11) is -0.613. The Hall–Kier alpha value is -2.43. The van der Waals surface area contributed by atoms with Gasteiger partial charge in [0, 0.05) is 5.92 Å². The minimum absolute atomic E-state index is 0.434. The lowest BCUT2D eigenvalue weighted by atomic mass is 9.85. The van der Waals surface area contributed by atoms with Gasteiger partial charge < -0.3 is 0 Å². The molecule has 0 spiro atoms. The van der Waals surface area contributed by atoms with E-state index in [-0.39, 0.29) is 0 Å². The van der Waals surface area contributed by atoms with Gasteiger partial charge in [-0.15, -0.1) is 0 Å². The Labute approximate surface area is 195 Å². The maximum atomic E-state index is 2.42. The van der Waals surface area contributed by atoms with E-state index in [1.807, 2.05) is 0 Å². The molecular formula is C31H35P. The highest BCUT2D eigenvalue weighted by Gasteiger charge is 2.33. The zero-order chi connectivity index (χ0) is 22.5. The Balaban J connectivity index is 1.96. The van der Waals surface area contributed by atoms with Crippen molar-refractivity contribution in [1.82, 2.24) is 0 Å². The summed E-state index contributed by atoms with van der Waals surface area (Å²) in [5.41, 5.74) is 8.11. The molecule has 32 heavy (non-hydrogen) atoms. The van der Waals surface area contributed by atoms with Gasteiger partial charge in [-0.2, -0.15) is 0 Å². The van der Waals surface area contributed by atoms with Crippen molar-refractivity contribution in [3.05, 3.63) is 113 Å². The van der Waals surface area contributed by atoms with Crippen LogP contribution in [0.2, 0.25) is 0 Å².